The number of hydrogen-bond acceptors (Lipinski definition) is 4. The minimum Gasteiger partial charge on any atom is -0.478 e. The highest BCUT2D eigenvalue weighted by molar-refractivity contribution is 7.99. The van der Waals surface area contributed by atoms with Crippen LogP contribution in [-0.4, -0.2) is 25.6 Å². The number of carbonyl (C=O) groups is 1. The average Bonchev–Trinajstić information content (AvgIpc) is 2.64. The van der Waals surface area contributed by atoms with Crippen molar-refractivity contribution in [2.45, 2.75) is 17.1 Å². The Morgan fingerprint density at radius 1 is 1.41 bits per heavy atom. The van der Waals surface area contributed by atoms with E-state index in [0.717, 1.165) is 0 Å². The van der Waals surface area contributed by atoms with Crippen LogP contribution >= 0.6 is 11.8 Å². The Morgan fingerprint density at radius 3 is 2.76 bits per heavy atom. The van der Waals surface area contributed by atoms with Crippen molar-refractivity contribution in [3.05, 3.63) is 35.8 Å². The summed E-state index contributed by atoms with van der Waals surface area (Å²) in [5, 5.41) is 10.3. The lowest BCUT2D eigenvalue weighted by atomic mass is 10.2. The van der Waals surface area contributed by atoms with Gasteiger partial charge in [0, 0.05) is 25.6 Å². The number of pyridine rings is 1. The van der Waals surface area contributed by atoms with Crippen LogP contribution in [0.1, 0.15) is 15.9 Å². The minimum absolute atomic E-state index is 0.237. The van der Waals surface area contributed by atoms with Gasteiger partial charge in [0.1, 0.15) is 5.03 Å². The van der Waals surface area contributed by atoms with E-state index in [9.17, 15) is 4.79 Å². The second-order valence-corrected chi connectivity index (χ2v) is 4.49. The summed E-state index contributed by atoms with van der Waals surface area (Å²) in [6, 6.07) is 1.69. The molecule has 6 heteroatoms. The van der Waals surface area contributed by atoms with E-state index in [4.69, 9.17) is 5.11 Å². The molecule has 0 bridgehead atoms. The third kappa shape index (κ3) is 2.31. The van der Waals surface area contributed by atoms with Gasteiger partial charge < -0.3 is 9.67 Å². The number of aromatic carboxylic acids is 1. The molecule has 2 aromatic rings. The zero-order chi connectivity index (χ0) is 12.4. The molecule has 2 rings (SSSR count). The number of imidazole rings is 1. The summed E-state index contributed by atoms with van der Waals surface area (Å²) >= 11 is 1.25. The molecule has 0 saturated heterocycles. The zero-order valence-electron chi connectivity index (χ0n) is 9.41. The molecule has 0 aliphatic carbocycles. The first-order chi connectivity index (χ1) is 8.09. The molecule has 2 heterocycles. The van der Waals surface area contributed by atoms with Crippen LogP contribution in [0, 0.1) is 6.92 Å². The molecule has 0 saturated carbocycles. The lowest BCUT2D eigenvalue weighted by Gasteiger charge is -2.06. The molecule has 0 spiro atoms. The van der Waals surface area contributed by atoms with Crippen LogP contribution in [0.3, 0.4) is 0 Å². The van der Waals surface area contributed by atoms with E-state index >= 15 is 0 Å². The van der Waals surface area contributed by atoms with Crippen LogP contribution in [0.25, 0.3) is 0 Å². The lowest BCUT2D eigenvalue weighted by molar-refractivity contribution is 0.0691. The number of aromatic nitrogens is 3. The Labute approximate surface area is 103 Å². The van der Waals surface area contributed by atoms with E-state index < -0.39 is 5.97 Å². The standard InChI is InChI=1S/C11H11N3O2S/c1-7-3-4-12-9(8(7)10(15)16)17-11-13-5-6-14(11)2/h3-6H,1-2H3,(H,15,16). The molecule has 0 amide bonds. The Kier molecular flexibility index (Phi) is 3.14. The summed E-state index contributed by atoms with van der Waals surface area (Å²) in [4.78, 5) is 19.4. The minimum atomic E-state index is -0.965. The lowest BCUT2D eigenvalue weighted by Crippen LogP contribution is -2.04. The largest absolute Gasteiger partial charge is 0.478 e. The Morgan fingerprint density at radius 2 is 2.18 bits per heavy atom. The van der Waals surface area contributed by atoms with Gasteiger partial charge in [0.2, 0.25) is 0 Å². The topological polar surface area (TPSA) is 68.0 Å². The summed E-state index contributed by atoms with van der Waals surface area (Å²) < 4.78 is 1.82. The van der Waals surface area contributed by atoms with Gasteiger partial charge in [-0.3, -0.25) is 0 Å². The van der Waals surface area contributed by atoms with Crippen molar-refractivity contribution in [1.29, 1.82) is 0 Å². The Hall–Kier alpha value is -1.82. The van der Waals surface area contributed by atoms with Crippen molar-refractivity contribution in [3.8, 4) is 0 Å². The number of nitrogens with zero attached hydrogens (tertiary/aromatic N) is 3. The van der Waals surface area contributed by atoms with Crippen LogP contribution in [-0.2, 0) is 7.05 Å². The van der Waals surface area contributed by atoms with Crippen molar-refractivity contribution in [1.82, 2.24) is 14.5 Å². The molecule has 0 aliphatic heterocycles. The van der Waals surface area contributed by atoms with Crippen LogP contribution < -0.4 is 0 Å². The molecule has 88 valence electrons. The molecule has 2 aromatic heterocycles. The molecule has 1 N–H and O–H groups in total. The van der Waals surface area contributed by atoms with Gasteiger partial charge in [-0.05, 0) is 30.3 Å². The maximum atomic E-state index is 11.2. The number of carboxylic acids is 1. The fraction of sp³-hybridized carbons (Fsp3) is 0.182. The van der Waals surface area contributed by atoms with Gasteiger partial charge in [-0.15, -0.1) is 0 Å². The maximum absolute atomic E-state index is 11.2. The molecular formula is C11H11N3O2S. The van der Waals surface area contributed by atoms with Gasteiger partial charge in [0.05, 0.1) is 5.56 Å². The van der Waals surface area contributed by atoms with Gasteiger partial charge in [-0.25, -0.2) is 14.8 Å². The summed E-state index contributed by atoms with van der Waals surface area (Å²) in [5.41, 5.74) is 0.935. The van der Waals surface area contributed by atoms with E-state index in [1.165, 1.54) is 11.8 Å². The molecule has 17 heavy (non-hydrogen) atoms. The van der Waals surface area contributed by atoms with Crippen LogP contribution in [0.2, 0.25) is 0 Å². The summed E-state index contributed by atoms with van der Waals surface area (Å²) in [6.07, 6.45) is 5.07. The van der Waals surface area contributed by atoms with Gasteiger partial charge >= 0.3 is 5.97 Å². The first kappa shape index (κ1) is 11.7. The van der Waals surface area contributed by atoms with Gasteiger partial charge in [-0.2, -0.15) is 0 Å². The molecular weight excluding hydrogens is 238 g/mol. The molecule has 0 aromatic carbocycles. The number of carboxylic acid groups (broad SMARTS) is 1. The monoisotopic (exact) mass is 249 g/mol. The highest BCUT2D eigenvalue weighted by Crippen LogP contribution is 2.28. The third-order valence-corrected chi connectivity index (χ3v) is 3.38. The highest BCUT2D eigenvalue weighted by Gasteiger charge is 2.16. The van der Waals surface area contributed by atoms with E-state index in [1.54, 1.807) is 31.6 Å². The van der Waals surface area contributed by atoms with E-state index in [-0.39, 0.29) is 5.56 Å². The molecule has 5 nitrogen and oxygen atoms in total. The van der Waals surface area contributed by atoms with E-state index in [2.05, 4.69) is 9.97 Å². The summed E-state index contributed by atoms with van der Waals surface area (Å²) in [6.45, 7) is 1.76. The summed E-state index contributed by atoms with van der Waals surface area (Å²) in [7, 11) is 1.85. The van der Waals surface area contributed by atoms with Crippen LogP contribution in [0.5, 0.6) is 0 Å². The van der Waals surface area contributed by atoms with Crippen LogP contribution in [0.15, 0.2) is 34.8 Å². The second kappa shape index (κ2) is 4.58. The fourth-order valence-electron chi connectivity index (χ4n) is 1.41. The Bertz CT molecular complexity index is 566. The predicted molar refractivity (Wildman–Crippen MR) is 63.3 cm³/mol. The summed E-state index contributed by atoms with van der Waals surface area (Å²) in [5.74, 6) is -0.965. The van der Waals surface area contributed by atoms with Gasteiger partial charge in [-0.1, -0.05) is 0 Å². The molecule has 0 fully saturated rings. The number of hydrogen-bond donors (Lipinski definition) is 1. The normalized spacial score (nSPS) is 10.5. The van der Waals surface area contributed by atoms with Crippen LogP contribution in [0.4, 0.5) is 0 Å². The fourth-order valence-corrected chi connectivity index (χ4v) is 2.36. The SMILES string of the molecule is Cc1ccnc(Sc2nccn2C)c1C(=O)O. The van der Waals surface area contributed by atoms with Crippen molar-refractivity contribution < 1.29 is 9.90 Å². The molecule has 0 atom stereocenters. The van der Waals surface area contributed by atoms with Crippen molar-refractivity contribution >= 4 is 17.7 Å². The van der Waals surface area contributed by atoms with Gasteiger partial charge in [0.25, 0.3) is 0 Å². The highest BCUT2D eigenvalue weighted by atomic mass is 32.2. The second-order valence-electron chi connectivity index (χ2n) is 3.54. The zero-order valence-corrected chi connectivity index (χ0v) is 10.2. The van der Waals surface area contributed by atoms with Crippen molar-refractivity contribution in [2.24, 2.45) is 7.05 Å². The quantitative estimate of drug-likeness (QED) is 0.900. The van der Waals surface area contributed by atoms with Crippen molar-refractivity contribution in [2.75, 3.05) is 0 Å². The smallest absolute Gasteiger partial charge is 0.338 e. The Balaban J connectivity index is 2.43. The molecule has 0 aliphatic rings. The van der Waals surface area contributed by atoms with Gasteiger partial charge in [0.15, 0.2) is 5.16 Å². The number of rotatable bonds is 3. The average molecular weight is 249 g/mol. The third-order valence-electron chi connectivity index (χ3n) is 2.30. The predicted octanol–water partition coefficient (Wildman–Crippen LogP) is 1.97. The molecule has 0 radical (unpaired) electrons. The molecule has 0 unspecified atom stereocenters. The number of aryl methyl sites for hydroxylation is 2. The van der Waals surface area contributed by atoms with E-state index in [0.29, 0.717) is 15.7 Å². The van der Waals surface area contributed by atoms with E-state index in [1.807, 2.05) is 11.6 Å². The maximum Gasteiger partial charge on any atom is 0.338 e. The van der Waals surface area contributed by atoms with Crippen molar-refractivity contribution in [3.63, 3.8) is 0 Å². The first-order valence-corrected chi connectivity index (χ1v) is 5.75. The first-order valence-electron chi connectivity index (χ1n) is 4.93.